The first-order valence-corrected chi connectivity index (χ1v) is 7.69. The van der Waals surface area contributed by atoms with E-state index in [2.05, 4.69) is 5.16 Å². The van der Waals surface area contributed by atoms with Crippen molar-refractivity contribution in [3.8, 4) is 5.75 Å². The maximum atomic E-state index is 11.4. The van der Waals surface area contributed by atoms with Crippen molar-refractivity contribution in [2.75, 3.05) is 6.26 Å². The highest BCUT2D eigenvalue weighted by molar-refractivity contribution is 7.90. The van der Waals surface area contributed by atoms with Crippen LogP contribution in [-0.2, 0) is 9.84 Å². The van der Waals surface area contributed by atoms with Crippen LogP contribution in [0.25, 0.3) is 0 Å². The van der Waals surface area contributed by atoms with Gasteiger partial charge in [0.25, 0.3) is 0 Å². The van der Waals surface area contributed by atoms with E-state index in [1.807, 2.05) is 6.92 Å². The average Bonchev–Trinajstić information content (AvgIpc) is 2.37. The van der Waals surface area contributed by atoms with Gasteiger partial charge in [-0.25, -0.2) is 8.42 Å². The van der Waals surface area contributed by atoms with E-state index in [9.17, 15) is 8.42 Å². The van der Waals surface area contributed by atoms with E-state index in [-0.39, 0.29) is 23.3 Å². The van der Waals surface area contributed by atoms with Gasteiger partial charge in [-0.2, -0.15) is 0 Å². The number of nitrogens with zero attached hydrogens (tertiary/aromatic N) is 1. The van der Waals surface area contributed by atoms with Gasteiger partial charge in [0.2, 0.25) is 0 Å². The predicted molar refractivity (Wildman–Crippen MR) is 72.3 cm³/mol. The van der Waals surface area contributed by atoms with Gasteiger partial charge in [-0.3, -0.25) is 0 Å². The van der Waals surface area contributed by atoms with Crippen molar-refractivity contribution in [2.45, 2.75) is 30.8 Å². The van der Waals surface area contributed by atoms with Gasteiger partial charge in [-0.15, -0.1) is 0 Å². The van der Waals surface area contributed by atoms with E-state index < -0.39 is 9.84 Å². The summed E-state index contributed by atoms with van der Waals surface area (Å²) in [4.78, 5) is 0.198. The Hall–Kier alpha value is -1.76. The lowest BCUT2D eigenvalue weighted by Crippen LogP contribution is -2.24. The standard InChI is InChI=1S/C12H18N2O4S/c1-3-9(8-12(13)14-15)18-10-5-4-6-11(7-10)19(2,16)17/h4-7,9,15H,3,8H2,1-2H3,(H2,13,14). The van der Waals surface area contributed by atoms with Crippen LogP contribution in [0.3, 0.4) is 0 Å². The van der Waals surface area contributed by atoms with Crippen molar-refractivity contribution >= 4 is 15.7 Å². The number of oxime groups is 1. The summed E-state index contributed by atoms with van der Waals surface area (Å²) in [5.74, 6) is 0.520. The summed E-state index contributed by atoms with van der Waals surface area (Å²) in [6.07, 6.45) is 1.79. The number of sulfone groups is 1. The summed E-state index contributed by atoms with van der Waals surface area (Å²) in [5, 5.41) is 11.4. The van der Waals surface area contributed by atoms with Gasteiger partial charge in [0.15, 0.2) is 9.84 Å². The van der Waals surface area contributed by atoms with E-state index in [1.54, 1.807) is 12.1 Å². The van der Waals surface area contributed by atoms with Gasteiger partial charge in [0.05, 0.1) is 4.90 Å². The number of amidine groups is 1. The highest BCUT2D eigenvalue weighted by Gasteiger charge is 2.13. The number of benzene rings is 1. The third-order valence-electron chi connectivity index (χ3n) is 2.56. The average molecular weight is 286 g/mol. The molecule has 0 aliphatic rings. The molecule has 0 aliphatic heterocycles. The Morgan fingerprint density at radius 2 is 2.21 bits per heavy atom. The topological polar surface area (TPSA) is 102 Å². The molecule has 7 heteroatoms. The van der Waals surface area contributed by atoms with Crippen molar-refractivity contribution < 1.29 is 18.4 Å². The normalized spacial score (nSPS) is 14.1. The van der Waals surface area contributed by atoms with Crippen LogP contribution >= 0.6 is 0 Å². The summed E-state index contributed by atoms with van der Waals surface area (Å²) < 4.78 is 28.5. The molecule has 0 spiro atoms. The van der Waals surface area contributed by atoms with Crippen LogP contribution < -0.4 is 10.5 Å². The van der Waals surface area contributed by atoms with Crippen LogP contribution in [0.2, 0.25) is 0 Å². The minimum atomic E-state index is -3.26. The lowest BCUT2D eigenvalue weighted by molar-refractivity contribution is 0.202. The van der Waals surface area contributed by atoms with E-state index >= 15 is 0 Å². The minimum absolute atomic E-state index is 0.0751. The highest BCUT2D eigenvalue weighted by atomic mass is 32.2. The molecule has 1 unspecified atom stereocenters. The molecule has 0 amide bonds. The largest absolute Gasteiger partial charge is 0.490 e. The minimum Gasteiger partial charge on any atom is -0.490 e. The van der Waals surface area contributed by atoms with Gasteiger partial charge in [-0.1, -0.05) is 18.1 Å². The Morgan fingerprint density at radius 1 is 1.53 bits per heavy atom. The molecule has 3 N–H and O–H groups in total. The molecule has 0 saturated heterocycles. The molecule has 1 aromatic carbocycles. The second kappa shape index (κ2) is 6.42. The fourth-order valence-electron chi connectivity index (χ4n) is 1.51. The molecule has 106 valence electrons. The SMILES string of the molecule is CCC(C/C(N)=N/O)Oc1cccc(S(C)(=O)=O)c1. The molecule has 0 radical (unpaired) electrons. The third-order valence-corrected chi connectivity index (χ3v) is 3.67. The number of rotatable bonds is 6. The summed E-state index contributed by atoms with van der Waals surface area (Å²) in [6.45, 7) is 1.90. The van der Waals surface area contributed by atoms with Gasteiger partial charge in [-0.05, 0) is 24.6 Å². The lowest BCUT2D eigenvalue weighted by Gasteiger charge is -2.17. The van der Waals surface area contributed by atoms with Crippen LogP contribution in [0.5, 0.6) is 5.75 Å². The summed E-state index contributed by atoms with van der Waals surface area (Å²) in [7, 11) is -3.26. The molecule has 0 heterocycles. The molecule has 0 saturated carbocycles. The Balaban J connectivity index is 2.86. The molecule has 0 fully saturated rings. The smallest absolute Gasteiger partial charge is 0.175 e. The third kappa shape index (κ3) is 4.78. The molecular formula is C12H18N2O4S. The first kappa shape index (κ1) is 15.3. The van der Waals surface area contributed by atoms with Crippen LogP contribution in [0.15, 0.2) is 34.3 Å². The number of nitrogens with two attached hydrogens (primary N) is 1. The highest BCUT2D eigenvalue weighted by Crippen LogP contribution is 2.20. The van der Waals surface area contributed by atoms with Crippen molar-refractivity contribution in [1.82, 2.24) is 0 Å². The molecule has 1 atom stereocenters. The monoisotopic (exact) mass is 286 g/mol. The molecule has 0 aromatic heterocycles. The summed E-state index contributed by atoms with van der Waals surface area (Å²) in [6, 6.07) is 6.25. The van der Waals surface area contributed by atoms with E-state index in [0.717, 1.165) is 6.26 Å². The van der Waals surface area contributed by atoms with Crippen molar-refractivity contribution in [1.29, 1.82) is 0 Å². The lowest BCUT2D eigenvalue weighted by atomic mass is 10.2. The molecule has 19 heavy (non-hydrogen) atoms. The number of hydrogen-bond donors (Lipinski definition) is 2. The molecule has 0 bridgehead atoms. The number of hydrogen-bond acceptors (Lipinski definition) is 5. The van der Waals surface area contributed by atoms with Gasteiger partial charge in [0.1, 0.15) is 17.7 Å². The summed E-state index contributed by atoms with van der Waals surface area (Å²) in [5.41, 5.74) is 5.43. The molecule has 1 aromatic rings. The zero-order valence-corrected chi connectivity index (χ0v) is 11.7. The zero-order chi connectivity index (χ0) is 14.5. The Labute approximate surface area is 112 Å². The van der Waals surface area contributed by atoms with Gasteiger partial charge in [0, 0.05) is 12.7 Å². The Morgan fingerprint density at radius 3 is 2.74 bits per heavy atom. The predicted octanol–water partition coefficient (Wildman–Crippen LogP) is 1.38. The number of ether oxygens (including phenoxy) is 1. The van der Waals surface area contributed by atoms with E-state index in [4.69, 9.17) is 15.7 Å². The Kier molecular flexibility index (Phi) is 5.17. The summed E-state index contributed by atoms with van der Waals surface area (Å²) >= 11 is 0. The van der Waals surface area contributed by atoms with Gasteiger partial charge < -0.3 is 15.7 Å². The molecule has 0 aliphatic carbocycles. The quantitative estimate of drug-likeness (QED) is 0.356. The first-order chi connectivity index (χ1) is 8.86. The van der Waals surface area contributed by atoms with Crippen LogP contribution in [0.4, 0.5) is 0 Å². The molecule has 1 rings (SSSR count). The zero-order valence-electron chi connectivity index (χ0n) is 10.9. The van der Waals surface area contributed by atoms with Crippen molar-refractivity contribution in [3.05, 3.63) is 24.3 Å². The van der Waals surface area contributed by atoms with Crippen LogP contribution in [0, 0.1) is 0 Å². The maximum absolute atomic E-state index is 11.4. The Bertz CT molecular complexity index is 555. The maximum Gasteiger partial charge on any atom is 0.175 e. The molecular weight excluding hydrogens is 268 g/mol. The molecule has 6 nitrogen and oxygen atoms in total. The van der Waals surface area contributed by atoms with Crippen molar-refractivity contribution in [3.63, 3.8) is 0 Å². The van der Waals surface area contributed by atoms with Crippen LogP contribution in [0.1, 0.15) is 19.8 Å². The fourth-order valence-corrected chi connectivity index (χ4v) is 2.17. The first-order valence-electron chi connectivity index (χ1n) is 5.80. The second-order valence-corrected chi connectivity index (χ2v) is 6.21. The fraction of sp³-hybridized carbons (Fsp3) is 0.417. The second-order valence-electron chi connectivity index (χ2n) is 4.19. The van der Waals surface area contributed by atoms with E-state index in [1.165, 1.54) is 12.1 Å². The van der Waals surface area contributed by atoms with Crippen LogP contribution in [-0.4, -0.2) is 31.8 Å². The van der Waals surface area contributed by atoms with E-state index in [0.29, 0.717) is 12.2 Å². The van der Waals surface area contributed by atoms with Gasteiger partial charge >= 0.3 is 0 Å². The van der Waals surface area contributed by atoms with Crippen molar-refractivity contribution in [2.24, 2.45) is 10.9 Å².